The lowest BCUT2D eigenvalue weighted by atomic mass is 9.98. The van der Waals surface area contributed by atoms with Gasteiger partial charge in [0.25, 0.3) is 0 Å². The molecule has 3 rings (SSSR count). The highest BCUT2D eigenvalue weighted by molar-refractivity contribution is 5.87. The Morgan fingerprint density at radius 3 is 2.03 bits per heavy atom. The van der Waals surface area contributed by atoms with Crippen LogP contribution in [0.1, 0.15) is 44.4 Å². The van der Waals surface area contributed by atoms with Gasteiger partial charge in [-0.1, -0.05) is 60.7 Å². The number of nitrogens with zero attached hydrogens (tertiary/aromatic N) is 1. The van der Waals surface area contributed by atoms with E-state index in [-0.39, 0.29) is 24.9 Å². The number of carbonyl (C=O) groups excluding carboxylic acids is 2. The summed E-state index contributed by atoms with van der Waals surface area (Å²) in [6, 6.07) is 18.2. The van der Waals surface area contributed by atoms with Crippen LogP contribution < -0.4 is 5.32 Å². The van der Waals surface area contributed by atoms with Crippen molar-refractivity contribution >= 4 is 12.0 Å². The van der Waals surface area contributed by atoms with Crippen molar-refractivity contribution in [3.05, 3.63) is 71.8 Å². The number of aliphatic hydroxyl groups is 1. The normalized spacial score (nSPS) is 19.3. The summed E-state index contributed by atoms with van der Waals surface area (Å²) in [5.41, 5.74) is 1.20. The van der Waals surface area contributed by atoms with Gasteiger partial charge in [-0.3, -0.25) is 9.69 Å². The van der Waals surface area contributed by atoms with Gasteiger partial charge in [-0.15, -0.1) is 0 Å². The quantitative estimate of drug-likeness (QED) is 0.831. The van der Waals surface area contributed by atoms with Gasteiger partial charge >= 0.3 is 6.09 Å². The van der Waals surface area contributed by atoms with Gasteiger partial charge in [-0.2, -0.15) is 0 Å². The fourth-order valence-corrected chi connectivity index (χ4v) is 3.47. The summed E-state index contributed by atoms with van der Waals surface area (Å²) >= 11 is 0. The highest BCUT2D eigenvalue weighted by atomic mass is 16.6. The van der Waals surface area contributed by atoms with Crippen molar-refractivity contribution in [2.45, 2.75) is 51.0 Å². The van der Waals surface area contributed by atoms with Gasteiger partial charge in [0.05, 0.1) is 18.7 Å². The van der Waals surface area contributed by atoms with Crippen LogP contribution in [0.3, 0.4) is 0 Å². The van der Waals surface area contributed by atoms with Crippen LogP contribution in [0.5, 0.6) is 0 Å². The van der Waals surface area contributed by atoms with Crippen molar-refractivity contribution in [1.82, 2.24) is 10.2 Å². The third-order valence-electron chi connectivity index (χ3n) is 4.76. The van der Waals surface area contributed by atoms with Crippen LogP contribution in [0.4, 0.5) is 4.79 Å². The molecule has 1 saturated heterocycles. The number of ether oxygens (including phenoxy) is 1. The fourth-order valence-electron chi connectivity index (χ4n) is 3.47. The maximum atomic E-state index is 13.2. The number of β-amino-alcohol motifs (C(OH)–C–C–N with tert-alkyl or cyclic N) is 1. The highest BCUT2D eigenvalue weighted by Gasteiger charge is 2.41. The zero-order valence-electron chi connectivity index (χ0n) is 17.0. The number of carbonyl (C=O) groups is 2. The van der Waals surface area contributed by atoms with E-state index in [1.165, 1.54) is 4.90 Å². The molecule has 0 saturated carbocycles. The van der Waals surface area contributed by atoms with Crippen LogP contribution in [0.25, 0.3) is 0 Å². The van der Waals surface area contributed by atoms with Crippen molar-refractivity contribution in [3.63, 3.8) is 0 Å². The lowest BCUT2D eigenvalue weighted by Crippen LogP contribution is -2.48. The summed E-state index contributed by atoms with van der Waals surface area (Å²) in [6.07, 6.45) is -1.17. The number of nitrogens with one attached hydrogen (secondary N) is 1. The molecule has 1 fully saturated rings. The standard InChI is InChI=1S/C23H28N2O4/c1-23(2,3)29-22(28)25-15-18(26)14-19(25)21(27)24-20(16-10-6-4-7-11-16)17-12-8-5-9-13-17/h4-13,18-20,26H,14-15H2,1-3H3,(H,24,27)/t18?,19-/m0/s1. The second-order valence-electron chi connectivity index (χ2n) is 8.30. The minimum absolute atomic E-state index is 0.0777. The summed E-state index contributed by atoms with van der Waals surface area (Å²) in [6.45, 7) is 5.39. The van der Waals surface area contributed by atoms with Crippen LogP contribution in [0, 0.1) is 0 Å². The molecule has 2 aromatic rings. The molecule has 0 radical (unpaired) electrons. The monoisotopic (exact) mass is 396 g/mol. The number of hydrogen-bond donors (Lipinski definition) is 2. The van der Waals surface area contributed by atoms with E-state index in [4.69, 9.17) is 4.74 Å². The minimum atomic E-state index is -0.783. The van der Waals surface area contributed by atoms with E-state index in [1.807, 2.05) is 60.7 Å². The largest absolute Gasteiger partial charge is 0.444 e. The Balaban J connectivity index is 1.82. The first-order valence-corrected chi connectivity index (χ1v) is 9.82. The van der Waals surface area contributed by atoms with Crippen LogP contribution >= 0.6 is 0 Å². The van der Waals surface area contributed by atoms with Gasteiger partial charge in [0, 0.05) is 6.42 Å². The maximum absolute atomic E-state index is 13.2. The second kappa shape index (κ2) is 8.66. The van der Waals surface area contributed by atoms with E-state index in [0.29, 0.717) is 0 Å². The van der Waals surface area contributed by atoms with Crippen molar-refractivity contribution in [3.8, 4) is 0 Å². The Morgan fingerprint density at radius 2 is 1.55 bits per heavy atom. The molecular weight excluding hydrogens is 368 g/mol. The number of likely N-dealkylation sites (tertiary alicyclic amines) is 1. The minimum Gasteiger partial charge on any atom is -0.444 e. The molecule has 2 atom stereocenters. The molecule has 0 bridgehead atoms. The Kier molecular flexibility index (Phi) is 6.23. The number of amides is 2. The smallest absolute Gasteiger partial charge is 0.411 e. The van der Waals surface area contributed by atoms with Crippen LogP contribution in [0.2, 0.25) is 0 Å². The molecule has 2 N–H and O–H groups in total. The third kappa shape index (κ3) is 5.35. The average molecular weight is 396 g/mol. The number of aliphatic hydroxyl groups excluding tert-OH is 1. The number of benzene rings is 2. The molecular formula is C23H28N2O4. The molecule has 0 aromatic heterocycles. The molecule has 1 aliphatic heterocycles. The predicted octanol–water partition coefficient (Wildman–Crippen LogP) is 3.26. The summed E-state index contributed by atoms with van der Waals surface area (Å²) in [5, 5.41) is 13.2. The first-order chi connectivity index (χ1) is 13.7. The summed E-state index contributed by atoms with van der Waals surface area (Å²) < 4.78 is 5.42. The van der Waals surface area contributed by atoms with Crippen molar-refractivity contribution in [1.29, 1.82) is 0 Å². The Morgan fingerprint density at radius 1 is 1.03 bits per heavy atom. The molecule has 1 heterocycles. The summed E-state index contributed by atoms with van der Waals surface area (Å²) in [4.78, 5) is 27.0. The fraction of sp³-hybridized carbons (Fsp3) is 0.391. The van der Waals surface area contributed by atoms with E-state index in [2.05, 4.69) is 5.32 Å². The highest BCUT2D eigenvalue weighted by Crippen LogP contribution is 2.25. The molecule has 0 spiro atoms. The zero-order valence-corrected chi connectivity index (χ0v) is 17.0. The lowest BCUT2D eigenvalue weighted by molar-refractivity contribution is -0.126. The zero-order chi connectivity index (χ0) is 21.0. The topological polar surface area (TPSA) is 78.9 Å². The molecule has 154 valence electrons. The first kappa shape index (κ1) is 20.9. The van der Waals surface area contributed by atoms with Gasteiger partial charge in [0.2, 0.25) is 5.91 Å². The first-order valence-electron chi connectivity index (χ1n) is 9.82. The van der Waals surface area contributed by atoms with Gasteiger partial charge in [0.1, 0.15) is 11.6 Å². The Labute approximate surface area is 171 Å². The molecule has 6 nitrogen and oxygen atoms in total. The SMILES string of the molecule is CC(C)(C)OC(=O)N1CC(O)C[C@H]1C(=O)NC(c1ccccc1)c1ccccc1. The Hall–Kier alpha value is -2.86. The molecule has 2 aromatic carbocycles. The van der Waals surface area contributed by atoms with Crippen LogP contribution in [-0.2, 0) is 9.53 Å². The summed E-state index contributed by atoms with van der Waals surface area (Å²) in [7, 11) is 0. The molecule has 1 unspecified atom stereocenters. The van der Waals surface area contributed by atoms with E-state index in [1.54, 1.807) is 20.8 Å². The third-order valence-corrected chi connectivity index (χ3v) is 4.76. The molecule has 0 aliphatic carbocycles. The van der Waals surface area contributed by atoms with Gasteiger partial charge in [-0.25, -0.2) is 4.79 Å². The molecule has 6 heteroatoms. The van der Waals surface area contributed by atoms with Crippen LogP contribution in [-0.4, -0.2) is 46.3 Å². The van der Waals surface area contributed by atoms with E-state index in [9.17, 15) is 14.7 Å². The predicted molar refractivity (Wildman–Crippen MR) is 110 cm³/mol. The molecule has 29 heavy (non-hydrogen) atoms. The average Bonchev–Trinajstić information content (AvgIpc) is 3.08. The van der Waals surface area contributed by atoms with E-state index < -0.39 is 23.8 Å². The van der Waals surface area contributed by atoms with Gasteiger partial charge < -0.3 is 15.2 Å². The van der Waals surface area contributed by atoms with E-state index in [0.717, 1.165) is 11.1 Å². The van der Waals surface area contributed by atoms with Crippen molar-refractivity contribution in [2.75, 3.05) is 6.54 Å². The van der Waals surface area contributed by atoms with Crippen LogP contribution in [0.15, 0.2) is 60.7 Å². The van der Waals surface area contributed by atoms with Gasteiger partial charge in [0.15, 0.2) is 0 Å². The summed E-state index contributed by atoms with van der Waals surface area (Å²) in [5.74, 6) is -0.315. The molecule has 1 aliphatic rings. The van der Waals surface area contributed by atoms with Gasteiger partial charge in [-0.05, 0) is 31.9 Å². The number of rotatable bonds is 4. The van der Waals surface area contributed by atoms with Crippen molar-refractivity contribution < 1.29 is 19.4 Å². The second-order valence-corrected chi connectivity index (χ2v) is 8.30. The van der Waals surface area contributed by atoms with E-state index >= 15 is 0 Å². The Bertz CT molecular complexity index is 793. The number of hydrogen-bond acceptors (Lipinski definition) is 4. The lowest BCUT2D eigenvalue weighted by Gasteiger charge is -2.29. The molecule has 2 amide bonds. The maximum Gasteiger partial charge on any atom is 0.411 e. The van der Waals surface area contributed by atoms with Crippen molar-refractivity contribution in [2.24, 2.45) is 0 Å².